The number of carboxylic acids is 1. The lowest BCUT2D eigenvalue weighted by molar-refractivity contribution is -0.0228. The number of carboxylic acid groups (broad SMARTS) is 1. The van der Waals surface area contributed by atoms with Gasteiger partial charge in [0.15, 0.2) is 0 Å². The average molecular weight is 321 g/mol. The Morgan fingerprint density at radius 3 is 2.85 bits per heavy atom. The number of hydrogen-bond acceptors (Lipinski definition) is 6. The van der Waals surface area contributed by atoms with Crippen LogP contribution < -0.4 is 4.72 Å². The predicted molar refractivity (Wildman–Crippen MR) is 71.4 cm³/mol. The van der Waals surface area contributed by atoms with Crippen LogP contribution in [0.2, 0.25) is 0 Å². The van der Waals surface area contributed by atoms with Crippen LogP contribution >= 0.6 is 11.3 Å². The molecule has 0 bridgehead atoms. The molecule has 0 saturated carbocycles. The van der Waals surface area contributed by atoms with Crippen molar-refractivity contribution in [2.75, 3.05) is 13.2 Å². The monoisotopic (exact) mass is 321 g/mol. The van der Waals surface area contributed by atoms with Crippen LogP contribution in [0.5, 0.6) is 0 Å². The summed E-state index contributed by atoms with van der Waals surface area (Å²) in [5, 5.41) is 20.3. The van der Waals surface area contributed by atoms with Crippen molar-refractivity contribution in [3.05, 3.63) is 16.3 Å². The van der Waals surface area contributed by atoms with Crippen LogP contribution in [-0.2, 0) is 14.8 Å². The Morgan fingerprint density at radius 2 is 2.35 bits per heavy atom. The molecule has 20 heavy (non-hydrogen) atoms. The van der Waals surface area contributed by atoms with E-state index in [1.807, 2.05) is 0 Å². The third kappa shape index (κ3) is 3.01. The van der Waals surface area contributed by atoms with Crippen molar-refractivity contribution in [1.82, 2.24) is 4.72 Å². The molecule has 2 rings (SSSR count). The molecule has 1 saturated heterocycles. The molecule has 1 aromatic heterocycles. The molecule has 2 heterocycles. The van der Waals surface area contributed by atoms with Crippen molar-refractivity contribution in [3.63, 3.8) is 0 Å². The number of aromatic carboxylic acids is 1. The zero-order chi connectivity index (χ0) is 15.0. The summed E-state index contributed by atoms with van der Waals surface area (Å²) >= 11 is 0.836. The largest absolute Gasteiger partial charge is 0.477 e. The second kappa shape index (κ2) is 5.41. The van der Waals surface area contributed by atoms with Crippen LogP contribution in [0.1, 0.15) is 23.0 Å². The van der Waals surface area contributed by atoms with Gasteiger partial charge in [-0.1, -0.05) is 0 Å². The van der Waals surface area contributed by atoms with Gasteiger partial charge in [-0.3, -0.25) is 0 Å². The molecule has 2 atom stereocenters. The van der Waals surface area contributed by atoms with Crippen LogP contribution in [0.25, 0.3) is 0 Å². The molecule has 1 fully saturated rings. The van der Waals surface area contributed by atoms with E-state index in [2.05, 4.69) is 4.72 Å². The first-order chi connectivity index (χ1) is 9.24. The Bertz CT molecular complexity index is 610. The third-order valence-corrected chi connectivity index (χ3v) is 5.77. The highest BCUT2D eigenvalue weighted by atomic mass is 32.2. The number of ether oxygens (including phenoxy) is 1. The van der Waals surface area contributed by atoms with E-state index in [9.17, 15) is 18.3 Å². The Labute approximate surface area is 120 Å². The summed E-state index contributed by atoms with van der Waals surface area (Å²) < 4.78 is 31.6. The molecule has 0 amide bonds. The summed E-state index contributed by atoms with van der Waals surface area (Å²) in [5.41, 5.74) is -1.24. The molecule has 1 aromatic rings. The van der Waals surface area contributed by atoms with Crippen LogP contribution in [0.4, 0.5) is 0 Å². The highest BCUT2D eigenvalue weighted by Gasteiger charge is 2.40. The van der Waals surface area contributed by atoms with Gasteiger partial charge in [-0.05, 0) is 13.0 Å². The fourth-order valence-corrected chi connectivity index (χ4v) is 4.09. The summed E-state index contributed by atoms with van der Waals surface area (Å²) in [6.07, 6.45) is -0.108. The fraction of sp³-hybridized carbons (Fsp3) is 0.545. The first-order valence-electron chi connectivity index (χ1n) is 5.90. The molecule has 1 aliphatic rings. The number of hydrogen-bond donors (Lipinski definition) is 3. The molecule has 112 valence electrons. The summed E-state index contributed by atoms with van der Waals surface area (Å²) in [6, 6.07) is 1.09. The van der Waals surface area contributed by atoms with Gasteiger partial charge >= 0.3 is 5.97 Å². The maximum absolute atomic E-state index is 12.0. The highest BCUT2D eigenvalue weighted by molar-refractivity contribution is 7.89. The van der Waals surface area contributed by atoms with E-state index in [0.29, 0.717) is 13.0 Å². The lowest BCUT2D eigenvalue weighted by atomic mass is 9.97. The molecule has 0 radical (unpaired) electrons. The van der Waals surface area contributed by atoms with Crippen molar-refractivity contribution in [3.8, 4) is 0 Å². The van der Waals surface area contributed by atoms with E-state index in [1.54, 1.807) is 6.92 Å². The number of rotatable bonds is 5. The van der Waals surface area contributed by atoms with Gasteiger partial charge < -0.3 is 14.9 Å². The van der Waals surface area contributed by atoms with Gasteiger partial charge in [-0.25, -0.2) is 17.9 Å². The van der Waals surface area contributed by atoms with E-state index >= 15 is 0 Å². The molecule has 3 N–H and O–H groups in total. The summed E-state index contributed by atoms with van der Waals surface area (Å²) in [7, 11) is -3.84. The average Bonchev–Trinajstić information content (AvgIpc) is 2.97. The predicted octanol–water partition coefficient (Wildman–Crippen LogP) is 0.265. The van der Waals surface area contributed by atoms with E-state index < -0.39 is 27.7 Å². The molecule has 9 heteroatoms. The number of sulfonamides is 1. The fourth-order valence-electron chi connectivity index (χ4n) is 1.88. The van der Waals surface area contributed by atoms with Gasteiger partial charge in [0.1, 0.15) is 10.5 Å². The second-order valence-electron chi connectivity index (χ2n) is 4.64. The minimum Gasteiger partial charge on any atom is -0.477 e. The Hall–Kier alpha value is -1.00. The molecule has 0 spiro atoms. The zero-order valence-electron chi connectivity index (χ0n) is 10.7. The number of nitrogens with one attached hydrogen (secondary N) is 1. The lowest BCUT2D eigenvalue weighted by Crippen LogP contribution is -2.47. The van der Waals surface area contributed by atoms with Crippen LogP contribution in [0.15, 0.2) is 16.3 Å². The Kier molecular flexibility index (Phi) is 4.17. The van der Waals surface area contributed by atoms with Gasteiger partial charge in [0.05, 0.1) is 11.0 Å². The Balaban J connectivity index is 2.09. The van der Waals surface area contributed by atoms with E-state index in [0.717, 1.165) is 17.4 Å². The third-order valence-electron chi connectivity index (χ3n) is 3.32. The standard InChI is InChI=1S/C11H15NO6S2/c1-7-11(15,2-3-18-7)6-12-20(16,17)8-4-9(10(13)14)19-5-8/h4-5,7,12,15H,2-3,6H2,1H3,(H,13,14). The van der Waals surface area contributed by atoms with E-state index in [1.165, 1.54) is 5.38 Å². The lowest BCUT2D eigenvalue weighted by Gasteiger charge is -2.25. The zero-order valence-corrected chi connectivity index (χ0v) is 12.3. The number of carbonyl (C=O) groups is 1. The number of aliphatic hydroxyl groups is 1. The topological polar surface area (TPSA) is 113 Å². The van der Waals surface area contributed by atoms with Gasteiger partial charge in [0.2, 0.25) is 10.0 Å². The molecule has 2 unspecified atom stereocenters. The summed E-state index contributed by atoms with van der Waals surface area (Å²) in [5.74, 6) is -1.17. The van der Waals surface area contributed by atoms with Crippen LogP contribution in [0, 0.1) is 0 Å². The second-order valence-corrected chi connectivity index (χ2v) is 7.32. The SMILES string of the molecule is CC1OCCC1(O)CNS(=O)(=O)c1csc(C(=O)O)c1. The normalized spacial score (nSPS) is 26.8. The highest BCUT2D eigenvalue weighted by Crippen LogP contribution is 2.26. The van der Waals surface area contributed by atoms with E-state index in [-0.39, 0.29) is 16.3 Å². The van der Waals surface area contributed by atoms with E-state index in [4.69, 9.17) is 9.84 Å². The molecule has 0 aromatic carbocycles. The molecule has 7 nitrogen and oxygen atoms in total. The van der Waals surface area contributed by atoms with Crippen LogP contribution in [0.3, 0.4) is 0 Å². The van der Waals surface area contributed by atoms with Crippen molar-refractivity contribution in [1.29, 1.82) is 0 Å². The molecular weight excluding hydrogens is 306 g/mol. The molecule has 0 aliphatic carbocycles. The number of thiophene rings is 1. The van der Waals surface area contributed by atoms with Gasteiger partial charge in [0, 0.05) is 25.0 Å². The minimum atomic E-state index is -3.84. The summed E-state index contributed by atoms with van der Waals surface area (Å²) in [6.45, 7) is 1.88. The quantitative estimate of drug-likeness (QED) is 0.717. The first kappa shape index (κ1) is 15.4. The van der Waals surface area contributed by atoms with Crippen molar-refractivity contribution < 1.29 is 28.2 Å². The van der Waals surface area contributed by atoms with Gasteiger partial charge in [-0.2, -0.15) is 0 Å². The van der Waals surface area contributed by atoms with Crippen molar-refractivity contribution >= 4 is 27.3 Å². The summed E-state index contributed by atoms with van der Waals surface area (Å²) in [4.78, 5) is 10.6. The smallest absolute Gasteiger partial charge is 0.345 e. The van der Waals surface area contributed by atoms with Crippen molar-refractivity contribution in [2.24, 2.45) is 0 Å². The minimum absolute atomic E-state index is 0.0540. The maximum atomic E-state index is 12.0. The van der Waals surface area contributed by atoms with Crippen molar-refractivity contribution in [2.45, 2.75) is 29.9 Å². The first-order valence-corrected chi connectivity index (χ1v) is 8.26. The maximum Gasteiger partial charge on any atom is 0.345 e. The molecule has 1 aliphatic heterocycles. The Morgan fingerprint density at radius 1 is 1.65 bits per heavy atom. The van der Waals surface area contributed by atoms with Gasteiger partial charge in [-0.15, -0.1) is 11.3 Å². The molecular formula is C11H15NO6S2. The van der Waals surface area contributed by atoms with Crippen LogP contribution in [-0.4, -0.2) is 49.5 Å². The van der Waals surface area contributed by atoms with Gasteiger partial charge in [0.25, 0.3) is 0 Å².